The van der Waals surface area contributed by atoms with Crippen LogP contribution in [0.25, 0.3) is 0 Å². The number of ether oxygens (including phenoxy) is 3. The predicted molar refractivity (Wildman–Crippen MR) is 149 cm³/mol. The number of pyridine rings is 1. The number of carbonyl (C=O) groups is 3. The normalized spacial score (nSPS) is 26.3. The predicted octanol–water partition coefficient (Wildman–Crippen LogP) is 3.77. The Labute approximate surface area is 240 Å². The Morgan fingerprint density at radius 2 is 1.90 bits per heavy atom. The third-order valence-corrected chi connectivity index (χ3v) is 9.20. The summed E-state index contributed by atoms with van der Waals surface area (Å²) in [6.45, 7) is 7.96. The molecule has 2 heterocycles. The molecule has 41 heavy (non-hydrogen) atoms. The molecule has 0 spiro atoms. The molecule has 5 unspecified atom stereocenters. The van der Waals surface area contributed by atoms with Gasteiger partial charge in [-0.25, -0.2) is 9.59 Å². The van der Waals surface area contributed by atoms with Crippen molar-refractivity contribution < 1.29 is 37.9 Å². The number of rotatable bonds is 10. The standard InChI is InChI=1S/C30H37BN2O8/c1-6-25(34)33-24(31-40-23-15-20-14-22(29(20,2)3)30(23,4)41-31)13-18-9-7-11-21(26(18)37-5)28(36)39-17-38-27(35)19-10-8-12-32-16-19/h7-12,16,20,22-24H,6,13-15,17H2,1-5H3,(H,33,34). The van der Waals surface area contributed by atoms with E-state index in [0.717, 1.165) is 12.8 Å². The molecule has 1 aromatic carbocycles. The van der Waals surface area contributed by atoms with Gasteiger partial charge in [0.2, 0.25) is 12.7 Å². The van der Waals surface area contributed by atoms with E-state index in [1.807, 2.05) is 6.07 Å². The summed E-state index contributed by atoms with van der Waals surface area (Å²) in [5.41, 5.74) is 0.845. The fraction of sp³-hybridized carbons (Fsp3) is 0.533. The molecule has 6 rings (SSSR count). The minimum Gasteiger partial charge on any atom is -0.496 e. The van der Waals surface area contributed by atoms with Gasteiger partial charge in [0, 0.05) is 18.8 Å². The van der Waals surface area contributed by atoms with Gasteiger partial charge in [-0.1, -0.05) is 32.9 Å². The van der Waals surface area contributed by atoms with Crippen LogP contribution in [0.5, 0.6) is 5.75 Å². The van der Waals surface area contributed by atoms with E-state index >= 15 is 0 Å². The highest BCUT2D eigenvalue weighted by atomic mass is 16.7. The van der Waals surface area contributed by atoms with Gasteiger partial charge in [-0.05, 0) is 67.2 Å². The molecule has 1 aromatic heterocycles. The van der Waals surface area contributed by atoms with Crippen molar-refractivity contribution in [1.29, 1.82) is 0 Å². The number of amides is 1. The van der Waals surface area contributed by atoms with Crippen LogP contribution in [0.1, 0.15) is 73.2 Å². The highest BCUT2D eigenvalue weighted by Gasteiger charge is 2.68. The molecule has 11 heteroatoms. The second-order valence-corrected chi connectivity index (χ2v) is 11.8. The van der Waals surface area contributed by atoms with Crippen molar-refractivity contribution in [2.45, 2.75) is 71.0 Å². The number of carbonyl (C=O) groups excluding carboxylic acids is 3. The fourth-order valence-electron chi connectivity index (χ4n) is 6.76. The van der Waals surface area contributed by atoms with E-state index in [1.165, 1.54) is 19.5 Å². The van der Waals surface area contributed by atoms with Crippen molar-refractivity contribution in [3.63, 3.8) is 0 Å². The van der Waals surface area contributed by atoms with Gasteiger partial charge in [-0.15, -0.1) is 0 Å². The van der Waals surface area contributed by atoms with E-state index in [4.69, 9.17) is 23.5 Å². The zero-order valence-electron chi connectivity index (χ0n) is 24.2. The maximum atomic E-state index is 13.0. The number of aromatic nitrogens is 1. The zero-order valence-corrected chi connectivity index (χ0v) is 24.2. The first-order chi connectivity index (χ1) is 19.6. The number of benzene rings is 1. The van der Waals surface area contributed by atoms with Crippen LogP contribution in [-0.2, 0) is 30.0 Å². The van der Waals surface area contributed by atoms with Gasteiger partial charge in [-0.3, -0.25) is 9.78 Å². The largest absolute Gasteiger partial charge is 0.496 e. The molecule has 4 aliphatic rings. The molecule has 4 fully saturated rings. The van der Waals surface area contributed by atoms with E-state index in [9.17, 15) is 14.4 Å². The Morgan fingerprint density at radius 1 is 1.12 bits per heavy atom. The van der Waals surface area contributed by atoms with Crippen LogP contribution in [0, 0.1) is 17.3 Å². The molecule has 2 bridgehead atoms. The molecular formula is C30H37BN2O8. The minimum atomic E-state index is -0.717. The number of hydrogen-bond acceptors (Lipinski definition) is 9. The van der Waals surface area contributed by atoms with E-state index in [1.54, 1.807) is 31.2 Å². The molecule has 1 amide bonds. The Morgan fingerprint density at radius 3 is 2.59 bits per heavy atom. The highest BCUT2D eigenvalue weighted by molar-refractivity contribution is 6.48. The quantitative estimate of drug-likeness (QED) is 0.261. The number of methoxy groups -OCH3 is 1. The molecular weight excluding hydrogens is 527 g/mol. The summed E-state index contributed by atoms with van der Waals surface area (Å²) in [5, 5.41) is 3.07. The lowest BCUT2D eigenvalue weighted by atomic mass is 9.43. The summed E-state index contributed by atoms with van der Waals surface area (Å²) >= 11 is 0. The first-order valence-electron chi connectivity index (χ1n) is 14.1. The molecule has 218 valence electrons. The van der Waals surface area contributed by atoms with Crippen LogP contribution in [-0.4, -0.2) is 61.5 Å². The number of nitrogens with zero attached hydrogens (tertiary/aromatic N) is 1. The van der Waals surface area contributed by atoms with Crippen LogP contribution < -0.4 is 10.1 Å². The minimum absolute atomic E-state index is 0.0390. The monoisotopic (exact) mass is 564 g/mol. The summed E-state index contributed by atoms with van der Waals surface area (Å²) in [7, 11) is 0.813. The zero-order chi connectivity index (χ0) is 29.4. The van der Waals surface area contributed by atoms with E-state index < -0.39 is 37.4 Å². The van der Waals surface area contributed by atoms with E-state index in [2.05, 4.69) is 31.1 Å². The fourth-order valence-corrected chi connectivity index (χ4v) is 6.76. The summed E-state index contributed by atoms with van der Waals surface area (Å²) < 4.78 is 29.1. The third-order valence-electron chi connectivity index (χ3n) is 9.20. The Hall–Kier alpha value is -3.44. The SMILES string of the molecule is CCC(=O)NC(Cc1cccc(C(=O)OCOC(=O)c2cccnc2)c1OC)B1OC2CC3CC(C3(C)C)C2(C)O1. The molecule has 2 aromatic rings. The van der Waals surface area contributed by atoms with Gasteiger partial charge < -0.3 is 28.8 Å². The van der Waals surface area contributed by atoms with Crippen LogP contribution >= 0.6 is 0 Å². The summed E-state index contributed by atoms with van der Waals surface area (Å²) in [6.07, 6.45) is 5.53. The lowest BCUT2D eigenvalue weighted by molar-refractivity contribution is -0.199. The van der Waals surface area contributed by atoms with Crippen molar-refractivity contribution >= 4 is 25.0 Å². The lowest BCUT2D eigenvalue weighted by Gasteiger charge is -2.64. The highest BCUT2D eigenvalue weighted by Crippen LogP contribution is 2.65. The van der Waals surface area contributed by atoms with Crippen molar-refractivity contribution in [3.8, 4) is 5.75 Å². The Kier molecular flexibility index (Phi) is 8.12. The van der Waals surface area contributed by atoms with Crippen molar-refractivity contribution in [1.82, 2.24) is 10.3 Å². The van der Waals surface area contributed by atoms with E-state index in [0.29, 0.717) is 36.0 Å². The molecule has 1 aliphatic heterocycles. The molecule has 3 aliphatic carbocycles. The van der Waals surface area contributed by atoms with Gasteiger partial charge >= 0.3 is 19.1 Å². The Bertz CT molecular complexity index is 1300. The summed E-state index contributed by atoms with van der Waals surface area (Å²) in [4.78, 5) is 41.5. The molecule has 10 nitrogen and oxygen atoms in total. The van der Waals surface area contributed by atoms with Crippen LogP contribution in [0.3, 0.4) is 0 Å². The van der Waals surface area contributed by atoms with Crippen molar-refractivity contribution in [2.75, 3.05) is 13.9 Å². The molecule has 1 saturated heterocycles. The molecule has 3 saturated carbocycles. The van der Waals surface area contributed by atoms with Crippen LogP contribution in [0.4, 0.5) is 0 Å². The van der Waals surface area contributed by atoms with Crippen molar-refractivity contribution in [2.24, 2.45) is 17.3 Å². The maximum absolute atomic E-state index is 13.0. The lowest BCUT2D eigenvalue weighted by Crippen LogP contribution is -2.65. The van der Waals surface area contributed by atoms with Gasteiger partial charge in [-0.2, -0.15) is 0 Å². The van der Waals surface area contributed by atoms with Crippen LogP contribution in [0.15, 0.2) is 42.7 Å². The Balaban J connectivity index is 1.30. The summed E-state index contributed by atoms with van der Waals surface area (Å²) in [6, 6.07) is 8.26. The van der Waals surface area contributed by atoms with E-state index in [-0.39, 0.29) is 28.6 Å². The van der Waals surface area contributed by atoms with Gasteiger partial charge in [0.25, 0.3) is 0 Å². The van der Waals surface area contributed by atoms with Gasteiger partial charge in [0.15, 0.2) is 0 Å². The van der Waals surface area contributed by atoms with Crippen LogP contribution in [0.2, 0.25) is 0 Å². The van der Waals surface area contributed by atoms with Gasteiger partial charge in [0.1, 0.15) is 11.3 Å². The van der Waals surface area contributed by atoms with Gasteiger partial charge in [0.05, 0.1) is 30.3 Å². The maximum Gasteiger partial charge on any atom is 0.482 e. The molecule has 5 atom stereocenters. The second kappa shape index (κ2) is 11.4. The summed E-state index contributed by atoms with van der Waals surface area (Å²) in [5.74, 6) is -0.729. The number of hydrogen-bond donors (Lipinski definition) is 1. The number of para-hydroxylation sites is 1. The first kappa shape index (κ1) is 29.1. The average Bonchev–Trinajstić information content (AvgIpc) is 3.34. The molecule has 0 radical (unpaired) electrons. The first-order valence-corrected chi connectivity index (χ1v) is 14.1. The van der Waals surface area contributed by atoms with Crippen molar-refractivity contribution in [3.05, 3.63) is 59.4 Å². The average molecular weight is 564 g/mol. The number of nitrogens with one attached hydrogen (secondary N) is 1. The number of esters is 2. The molecule has 1 N–H and O–H groups in total. The third kappa shape index (κ3) is 5.45. The topological polar surface area (TPSA) is 122 Å². The smallest absolute Gasteiger partial charge is 0.482 e. The second-order valence-electron chi connectivity index (χ2n) is 11.8.